The summed E-state index contributed by atoms with van der Waals surface area (Å²) < 4.78 is 0. The van der Waals surface area contributed by atoms with Crippen molar-refractivity contribution in [2.75, 3.05) is 19.6 Å². The lowest BCUT2D eigenvalue weighted by Gasteiger charge is -2.35. The SMILES string of the molecule is CC(C)C(=O)N1CCC(C(=O)N(CCCC(=O)O)Cc2ccccc2)CC1. The minimum absolute atomic E-state index is 0.0251. The number of hydrogen-bond donors (Lipinski definition) is 1. The molecule has 0 bridgehead atoms. The number of carbonyl (C=O) groups excluding carboxylic acids is 2. The molecule has 1 saturated heterocycles. The number of benzene rings is 1. The van der Waals surface area contributed by atoms with E-state index in [1.807, 2.05) is 49.1 Å². The van der Waals surface area contributed by atoms with Gasteiger partial charge in [0.2, 0.25) is 11.8 Å². The maximum atomic E-state index is 13.1. The highest BCUT2D eigenvalue weighted by atomic mass is 16.4. The van der Waals surface area contributed by atoms with Crippen LogP contribution in [0.4, 0.5) is 0 Å². The summed E-state index contributed by atoms with van der Waals surface area (Å²) in [5, 5.41) is 8.89. The van der Waals surface area contributed by atoms with Gasteiger partial charge in [-0.05, 0) is 24.8 Å². The van der Waals surface area contributed by atoms with Crippen molar-refractivity contribution in [1.29, 1.82) is 0 Å². The Balaban J connectivity index is 1.98. The topological polar surface area (TPSA) is 77.9 Å². The summed E-state index contributed by atoms with van der Waals surface area (Å²) in [5.74, 6) is -0.760. The Hall–Kier alpha value is -2.37. The molecule has 0 aliphatic carbocycles. The molecule has 0 atom stereocenters. The zero-order valence-electron chi connectivity index (χ0n) is 16.3. The van der Waals surface area contributed by atoms with Gasteiger partial charge in [-0.3, -0.25) is 14.4 Å². The average molecular weight is 374 g/mol. The molecule has 1 aromatic carbocycles. The van der Waals surface area contributed by atoms with E-state index in [1.54, 1.807) is 4.90 Å². The molecule has 0 radical (unpaired) electrons. The minimum atomic E-state index is -0.845. The van der Waals surface area contributed by atoms with E-state index in [-0.39, 0.29) is 30.1 Å². The van der Waals surface area contributed by atoms with E-state index in [4.69, 9.17) is 5.11 Å². The maximum Gasteiger partial charge on any atom is 0.303 e. The Bertz CT molecular complexity index is 637. The van der Waals surface area contributed by atoms with Gasteiger partial charge >= 0.3 is 5.97 Å². The van der Waals surface area contributed by atoms with Crippen LogP contribution in [-0.2, 0) is 20.9 Å². The van der Waals surface area contributed by atoms with Crippen LogP contribution in [0.3, 0.4) is 0 Å². The molecule has 1 aliphatic heterocycles. The number of likely N-dealkylation sites (tertiary alicyclic amines) is 1. The van der Waals surface area contributed by atoms with Crippen LogP contribution in [0.15, 0.2) is 30.3 Å². The second-order valence-electron chi connectivity index (χ2n) is 7.50. The second kappa shape index (κ2) is 10.1. The molecule has 0 spiro atoms. The Morgan fingerprint density at radius 3 is 2.33 bits per heavy atom. The average Bonchev–Trinajstić information content (AvgIpc) is 2.66. The summed E-state index contributed by atoms with van der Waals surface area (Å²) in [7, 11) is 0. The van der Waals surface area contributed by atoms with Crippen LogP contribution in [0.5, 0.6) is 0 Å². The van der Waals surface area contributed by atoms with Gasteiger partial charge < -0.3 is 14.9 Å². The fourth-order valence-electron chi connectivity index (χ4n) is 3.46. The summed E-state index contributed by atoms with van der Waals surface area (Å²) in [5.41, 5.74) is 1.04. The van der Waals surface area contributed by atoms with E-state index in [0.29, 0.717) is 45.4 Å². The molecule has 2 rings (SSSR count). The molecule has 6 nitrogen and oxygen atoms in total. The summed E-state index contributed by atoms with van der Waals surface area (Å²) >= 11 is 0. The number of carbonyl (C=O) groups is 3. The lowest BCUT2D eigenvalue weighted by molar-refractivity contribution is -0.143. The third kappa shape index (κ3) is 6.38. The van der Waals surface area contributed by atoms with E-state index >= 15 is 0 Å². The summed E-state index contributed by atoms with van der Waals surface area (Å²) in [6.45, 7) is 5.94. The number of rotatable bonds is 8. The van der Waals surface area contributed by atoms with Crippen LogP contribution in [0.25, 0.3) is 0 Å². The Morgan fingerprint density at radius 2 is 1.78 bits per heavy atom. The van der Waals surface area contributed by atoms with Gasteiger partial charge in [-0.15, -0.1) is 0 Å². The first-order valence-electron chi connectivity index (χ1n) is 9.71. The standard InChI is InChI=1S/C21H30N2O4/c1-16(2)20(26)22-13-10-18(11-14-22)21(27)23(12-6-9-19(24)25)15-17-7-4-3-5-8-17/h3-5,7-8,16,18H,6,9-15H2,1-2H3,(H,24,25). The molecule has 0 saturated carbocycles. The van der Waals surface area contributed by atoms with E-state index in [9.17, 15) is 14.4 Å². The Labute approximate surface area is 161 Å². The van der Waals surface area contributed by atoms with Crippen molar-refractivity contribution in [3.8, 4) is 0 Å². The normalized spacial score (nSPS) is 15.0. The number of amides is 2. The first-order chi connectivity index (χ1) is 12.9. The number of carboxylic acids is 1. The van der Waals surface area contributed by atoms with Crippen molar-refractivity contribution >= 4 is 17.8 Å². The van der Waals surface area contributed by atoms with Gasteiger partial charge in [-0.1, -0.05) is 44.2 Å². The fraction of sp³-hybridized carbons (Fsp3) is 0.571. The van der Waals surface area contributed by atoms with Crippen molar-refractivity contribution < 1.29 is 19.5 Å². The zero-order valence-corrected chi connectivity index (χ0v) is 16.3. The lowest BCUT2D eigenvalue weighted by atomic mass is 9.94. The van der Waals surface area contributed by atoms with Gasteiger partial charge in [0, 0.05) is 44.4 Å². The highest BCUT2D eigenvalue weighted by molar-refractivity contribution is 5.81. The van der Waals surface area contributed by atoms with Gasteiger partial charge in [0.15, 0.2) is 0 Å². The number of aliphatic carboxylic acids is 1. The number of piperidine rings is 1. The summed E-state index contributed by atoms with van der Waals surface area (Å²) in [4.78, 5) is 39.6. The quantitative estimate of drug-likeness (QED) is 0.759. The van der Waals surface area contributed by atoms with Crippen molar-refractivity contribution in [2.24, 2.45) is 11.8 Å². The summed E-state index contributed by atoms with van der Waals surface area (Å²) in [6, 6.07) is 9.75. The van der Waals surface area contributed by atoms with Crippen LogP contribution in [0.2, 0.25) is 0 Å². The molecule has 0 unspecified atom stereocenters. The molecular weight excluding hydrogens is 344 g/mol. The molecule has 1 heterocycles. The Kier molecular flexibility index (Phi) is 7.82. The molecule has 2 amide bonds. The van der Waals surface area contributed by atoms with Crippen LogP contribution in [-0.4, -0.2) is 52.3 Å². The predicted molar refractivity (Wildman–Crippen MR) is 103 cm³/mol. The van der Waals surface area contributed by atoms with E-state index in [2.05, 4.69) is 0 Å². The first-order valence-corrected chi connectivity index (χ1v) is 9.71. The third-order valence-electron chi connectivity index (χ3n) is 5.00. The van der Waals surface area contributed by atoms with Crippen LogP contribution < -0.4 is 0 Å². The molecule has 6 heteroatoms. The van der Waals surface area contributed by atoms with E-state index < -0.39 is 5.97 Å². The smallest absolute Gasteiger partial charge is 0.303 e. The van der Waals surface area contributed by atoms with Gasteiger partial charge in [0.25, 0.3) is 0 Å². The van der Waals surface area contributed by atoms with Gasteiger partial charge in [0.05, 0.1) is 0 Å². The Morgan fingerprint density at radius 1 is 1.15 bits per heavy atom. The fourth-order valence-corrected chi connectivity index (χ4v) is 3.46. The van der Waals surface area contributed by atoms with E-state index in [1.165, 1.54) is 0 Å². The van der Waals surface area contributed by atoms with Gasteiger partial charge in [-0.25, -0.2) is 0 Å². The van der Waals surface area contributed by atoms with Gasteiger partial charge in [-0.2, -0.15) is 0 Å². The third-order valence-corrected chi connectivity index (χ3v) is 5.00. The zero-order chi connectivity index (χ0) is 19.8. The van der Waals surface area contributed by atoms with E-state index in [0.717, 1.165) is 5.56 Å². The van der Waals surface area contributed by atoms with Gasteiger partial charge in [0.1, 0.15) is 0 Å². The number of hydrogen-bond acceptors (Lipinski definition) is 3. The monoisotopic (exact) mass is 374 g/mol. The van der Waals surface area contributed by atoms with Crippen molar-refractivity contribution in [2.45, 2.75) is 46.1 Å². The molecule has 1 N–H and O–H groups in total. The molecule has 0 aromatic heterocycles. The highest BCUT2D eigenvalue weighted by Gasteiger charge is 2.30. The van der Waals surface area contributed by atoms with Crippen LogP contribution in [0.1, 0.15) is 45.1 Å². The van der Waals surface area contributed by atoms with Crippen LogP contribution >= 0.6 is 0 Å². The lowest BCUT2D eigenvalue weighted by Crippen LogP contribution is -2.45. The van der Waals surface area contributed by atoms with Crippen molar-refractivity contribution in [3.05, 3.63) is 35.9 Å². The predicted octanol–water partition coefficient (Wildman–Crippen LogP) is 2.77. The minimum Gasteiger partial charge on any atom is -0.481 e. The highest BCUT2D eigenvalue weighted by Crippen LogP contribution is 2.22. The molecular formula is C21H30N2O4. The molecule has 1 aromatic rings. The molecule has 27 heavy (non-hydrogen) atoms. The van der Waals surface area contributed by atoms with Crippen LogP contribution in [0, 0.1) is 11.8 Å². The van der Waals surface area contributed by atoms with Crippen molar-refractivity contribution in [3.63, 3.8) is 0 Å². The van der Waals surface area contributed by atoms with Crippen molar-refractivity contribution in [1.82, 2.24) is 9.80 Å². The molecule has 148 valence electrons. The first kappa shape index (κ1) is 20.9. The molecule has 1 fully saturated rings. The summed E-state index contributed by atoms with van der Waals surface area (Å²) in [6.07, 6.45) is 1.83. The number of nitrogens with zero attached hydrogens (tertiary/aromatic N) is 2. The molecule has 1 aliphatic rings. The number of carboxylic acid groups (broad SMARTS) is 1. The second-order valence-corrected chi connectivity index (χ2v) is 7.50. The largest absolute Gasteiger partial charge is 0.481 e. The maximum absolute atomic E-state index is 13.1.